The maximum absolute atomic E-state index is 12.0. The largest absolute Gasteiger partial charge is 0.494 e. The van der Waals surface area contributed by atoms with E-state index in [0.717, 1.165) is 40.1 Å². The second kappa shape index (κ2) is 46.1. The number of hydrogen-bond donors (Lipinski definition) is 2. The molecule has 21 atom stereocenters. The number of hydrogen-bond acceptors (Lipinski definition) is 9. The van der Waals surface area contributed by atoms with Gasteiger partial charge in [0, 0.05) is 16.0 Å². The van der Waals surface area contributed by atoms with Gasteiger partial charge < -0.3 is 29.3 Å². The molecule has 0 saturated carbocycles. The molecule has 2 aromatic carbocycles. The highest BCUT2D eigenvalue weighted by atomic mass is 79.9. The first kappa shape index (κ1) is 95.5. The predicted octanol–water partition coefficient (Wildman–Crippen LogP) is 28.0. The van der Waals surface area contributed by atoms with E-state index >= 15 is 0 Å². The molecule has 1 fully saturated rings. The van der Waals surface area contributed by atoms with Crippen molar-refractivity contribution < 1.29 is 46.3 Å². The molecule has 3 aromatic heterocycles. The van der Waals surface area contributed by atoms with E-state index in [2.05, 4.69) is 198 Å². The fourth-order valence-corrected chi connectivity index (χ4v) is 448. The Balaban J connectivity index is 0.000000410. The molecule has 0 amide bonds. The molecule has 0 bridgehead atoms. The van der Waals surface area contributed by atoms with Gasteiger partial charge in [-0.15, -0.1) is 152 Å². The zero-order valence-corrected chi connectivity index (χ0v) is 87.0. The molecule has 3 N–H and O–H groups in total. The summed E-state index contributed by atoms with van der Waals surface area (Å²) in [6.07, 6.45) is -3.04. The van der Waals surface area contributed by atoms with E-state index in [-0.39, 0.29) is 133 Å². The van der Waals surface area contributed by atoms with E-state index in [4.69, 9.17) is 36.5 Å². The molecule has 11 nitrogen and oxygen atoms in total. The highest BCUT2D eigenvalue weighted by Crippen LogP contribution is 3.39. The molecular weight excluding hydrogens is 1910 g/mol. The Morgan fingerprint density at radius 1 is 0.742 bits per heavy atom. The molecule has 1 aliphatic rings. The van der Waals surface area contributed by atoms with E-state index in [1.165, 1.54) is 24.0 Å². The van der Waals surface area contributed by atoms with Crippen LogP contribution in [0.4, 0.5) is 13.2 Å². The average molecular weight is 1990 g/mol. The van der Waals surface area contributed by atoms with Crippen molar-refractivity contribution in [3.63, 3.8) is 0 Å². The molecule has 21 unspecified atom stereocenters. The van der Waals surface area contributed by atoms with Crippen molar-refractivity contribution in [2.24, 2.45) is 5.73 Å². The van der Waals surface area contributed by atoms with Crippen molar-refractivity contribution in [1.82, 2.24) is 14.6 Å². The summed E-state index contributed by atoms with van der Waals surface area (Å²) >= 11 is 12.1. The van der Waals surface area contributed by atoms with Crippen molar-refractivity contribution in [2.45, 2.75) is 83.1 Å². The Morgan fingerprint density at radius 2 is 1.22 bits per heavy atom. The van der Waals surface area contributed by atoms with E-state index in [0.29, 0.717) is 23.1 Å². The molecule has 5 aromatic rings. The van der Waals surface area contributed by atoms with Crippen molar-refractivity contribution >= 4 is 338 Å². The second-order valence-corrected chi connectivity index (χ2v) is 153. The van der Waals surface area contributed by atoms with Crippen LogP contribution in [0.1, 0.15) is 80.2 Å². The molecule has 0 aliphatic carbocycles. The van der Waals surface area contributed by atoms with Crippen LogP contribution in [0, 0.1) is 6.92 Å². The summed E-state index contributed by atoms with van der Waals surface area (Å²) in [5, 5.41) is 13.7. The van der Waals surface area contributed by atoms with Crippen LogP contribution in [-0.2, 0) is 42.3 Å². The first-order chi connectivity index (χ1) is 41.0. The Bertz CT molecular complexity index is 2950. The number of furan rings is 1. The number of pyridine rings is 1. The third-order valence-corrected chi connectivity index (χ3v) is 233. The number of nitrogens with zero attached hydrogens (tertiary/aromatic N) is 3. The lowest BCUT2D eigenvalue weighted by Gasteiger charge is -2.53. The molecule has 89 heavy (non-hydrogen) atoms. The summed E-state index contributed by atoms with van der Waals surface area (Å²) in [6.45, 7) is 13.7. The first-order valence-corrected chi connectivity index (χ1v) is 86.2. The van der Waals surface area contributed by atoms with Gasteiger partial charge in [-0.3, -0.25) is 4.79 Å². The quantitative estimate of drug-likeness (QED) is 0.0314. The number of carboxylic acid groups (broad SMARTS) is 1. The lowest BCUT2D eigenvalue weighted by molar-refractivity contribution is -0.153. The smallest absolute Gasteiger partial charge is 0.477 e. The van der Waals surface area contributed by atoms with Crippen LogP contribution in [0.25, 0.3) is 5.65 Å². The van der Waals surface area contributed by atoms with Gasteiger partial charge in [0.15, 0.2) is 11.3 Å². The monoisotopic (exact) mass is 1990 g/mol. The zero-order valence-electron chi connectivity index (χ0n) is 49.0. The Morgan fingerprint density at radius 3 is 1.60 bits per heavy atom. The highest BCUT2D eigenvalue weighted by Gasteiger charge is 2.53. The van der Waals surface area contributed by atoms with E-state index < -0.39 is 30.4 Å². The minimum Gasteiger partial charge on any atom is -0.477 e. The molecule has 1 aliphatic heterocycles. The number of carbonyl (C=O) groups is 2. The normalized spacial score (nSPS) is 15.4. The average Bonchev–Trinajstić information content (AvgIpc) is 2.18. The third kappa shape index (κ3) is 30.1. The Kier molecular flexibility index (Phi) is 49.5. The predicted molar refractivity (Wildman–Crippen MR) is 492 cm³/mol. The summed E-state index contributed by atoms with van der Waals surface area (Å²) in [5.74, 6) is -1.93. The lowest BCUT2D eigenvalue weighted by Crippen LogP contribution is -2.41. The molecular formula is C38H78BBr2ClF3N4O7P33. The highest BCUT2D eigenvalue weighted by molar-refractivity contribution is 9.45. The van der Waals surface area contributed by atoms with Crippen LogP contribution in [0.3, 0.4) is 0 Å². The van der Waals surface area contributed by atoms with Crippen LogP contribution in [0.15, 0.2) is 81.9 Å². The number of esters is 1. The molecule has 6 rings (SSSR count). The first-order valence-electron chi connectivity index (χ1n) is 24.4. The number of methoxy groups -OCH3 is 1. The molecule has 0 radical (unpaired) electrons. The summed E-state index contributed by atoms with van der Waals surface area (Å²) in [4.78, 5) is 26.7. The summed E-state index contributed by atoms with van der Waals surface area (Å²) in [5.41, 5.74) is 8.07. The number of halogens is 6. The SMILES string of the molecule is COC(=O)C(C)(C)c1cccc(B2OC(C)(C)C(C)(C)O2)c1.Cc1ccc2ncnn2c1C(=O)O.FC(F)(F)c1ccc(CBr)o1.NCc1ccc(Br)cc1Cl.PPP(P(P)P)P(P(P)P)P(P(P(P)P)P(P)P)P(P(P(P)P)P(P)P)P(P(P)P)P(P)P. The Hall–Kier alpha value is 10.5. The minimum absolute atomic E-state index is 0.0163. The van der Waals surface area contributed by atoms with E-state index in [1.54, 1.807) is 19.1 Å². The maximum atomic E-state index is 12.0. The number of carboxylic acids is 1. The molecule has 502 valence electrons. The topological polar surface area (TPSA) is 151 Å². The third-order valence-electron chi connectivity index (χ3n) is 11.7. The number of benzene rings is 2. The number of aryl methyl sites for hydroxylation is 1. The number of carbonyl (C=O) groups excluding carboxylic acids is 1. The summed E-state index contributed by atoms with van der Waals surface area (Å²) < 4.78 is 59.2. The van der Waals surface area contributed by atoms with Crippen LogP contribution >= 0.6 is 308 Å². The standard InChI is InChI=1S/C17H25BO4.C8H7N3O2.C7H7BrClN.C6H4BrF3O.H35P33/c1-15(2,14(19)20-7)12-9-8-10-13(11-12)18-21-16(3,4)17(5,6)22-18;1-5-2-3-6-9-4-10-11(6)7(5)8(12)13;8-6-2-1-5(4-10)7(9)3-6;7-3-4-1-2-5(11-4)6(8,9)10;1-18-27(19(2)3)31(26(16)17)33(30(24(12)13)25(14)15)32(28(20(4)5)21(6)7)29(22(8)9)23(10)11/h8-11H,1-7H3;2-4H,1H3,(H,12,13);1-3H,4,10H2;1-2H,3H2;18H,1-17H2. The number of fused-ring (bicyclic) bond motifs is 1. The fourth-order valence-electron chi connectivity index (χ4n) is 6.77. The number of nitrogens with two attached hydrogens (primary N) is 1. The fraction of sp³-hybridized carbons (Fsp3) is 0.368. The van der Waals surface area contributed by atoms with Crippen LogP contribution in [0.5, 0.6) is 0 Å². The van der Waals surface area contributed by atoms with E-state index in [1.807, 2.05) is 84.0 Å². The number of alkyl halides is 4. The van der Waals surface area contributed by atoms with E-state index in [9.17, 15) is 22.8 Å². The number of ether oxygens (including phenoxy) is 1. The zero-order chi connectivity index (χ0) is 68.6. The number of aromatic carboxylic acids is 1. The van der Waals surface area contributed by atoms with Gasteiger partial charge in [0.2, 0.25) is 5.76 Å². The lowest BCUT2D eigenvalue weighted by atomic mass is 9.75. The minimum atomic E-state index is -4.37. The summed E-state index contributed by atoms with van der Waals surface area (Å²) in [7, 11) is 58.5. The summed E-state index contributed by atoms with van der Waals surface area (Å²) in [6, 6.07) is 19.1. The van der Waals surface area contributed by atoms with Crippen molar-refractivity contribution in [1.29, 1.82) is 0 Å². The van der Waals surface area contributed by atoms with Gasteiger partial charge in [-0.25, -0.2) is 14.3 Å². The molecule has 4 heterocycles. The Labute approximate surface area is 605 Å². The maximum Gasteiger partial charge on any atom is 0.494 e. The van der Waals surface area contributed by atoms with Gasteiger partial charge in [-0.05, 0) is 206 Å². The van der Waals surface area contributed by atoms with Gasteiger partial charge in [-0.1, -0.05) is 87.8 Å². The van der Waals surface area contributed by atoms with Gasteiger partial charge in [0.05, 0.1) is 29.1 Å². The van der Waals surface area contributed by atoms with Gasteiger partial charge >= 0.3 is 25.2 Å². The van der Waals surface area contributed by atoms with Crippen molar-refractivity contribution in [3.05, 3.63) is 116 Å². The molecule has 51 heteroatoms. The van der Waals surface area contributed by atoms with Crippen LogP contribution < -0.4 is 11.2 Å². The van der Waals surface area contributed by atoms with Gasteiger partial charge in [0.1, 0.15) is 12.1 Å². The number of aromatic nitrogens is 3. The van der Waals surface area contributed by atoms with Crippen LogP contribution in [0.2, 0.25) is 5.02 Å². The molecule has 0 spiro atoms. The van der Waals surface area contributed by atoms with Gasteiger partial charge in [-0.2, -0.15) is 18.3 Å². The van der Waals surface area contributed by atoms with Crippen LogP contribution in [-0.4, -0.2) is 57.1 Å². The van der Waals surface area contributed by atoms with Crippen molar-refractivity contribution in [3.8, 4) is 0 Å². The second-order valence-electron chi connectivity index (χ2n) is 18.9. The van der Waals surface area contributed by atoms with Gasteiger partial charge in [0.25, 0.3) is 0 Å². The number of rotatable bonds is 21. The van der Waals surface area contributed by atoms with Crippen molar-refractivity contribution in [2.75, 3.05) is 7.11 Å². The molecule has 1 saturated heterocycles.